The van der Waals surface area contributed by atoms with E-state index in [0.717, 1.165) is 32.6 Å². The number of hydrogen-bond acceptors (Lipinski definition) is 6. The molecule has 0 spiro atoms. The SMILES string of the molecule is CN1CCN(NC2(CN)CCCS(=O)(=O)C2)CC1. The van der Waals surface area contributed by atoms with E-state index in [1.54, 1.807) is 0 Å². The Balaban J connectivity index is 2.00. The Bertz CT molecular complexity index is 379. The van der Waals surface area contributed by atoms with Gasteiger partial charge in [-0.05, 0) is 19.9 Å². The zero-order valence-corrected chi connectivity index (χ0v) is 11.9. The maximum atomic E-state index is 11.8. The Kier molecular flexibility index (Phi) is 4.28. The highest BCUT2D eigenvalue weighted by Crippen LogP contribution is 2.22. The van der Waals surface area contributed by atoms with Gasteiger partial charge in [0.05, 0.1) is 17.0 Å². The zero-order chi connectivity index (χ0) is 13.2. The topological polar surface area (TPSA) is 78.7 Å². The summed E-state index contributed by atoms with van der Waals surface area (Å²) in [7, 11) is -0.845. The number of sulfone groups is 1. The van der Waals surface area contributed by atoms with Gasteiger partial charge in [-0.1, -0.05) is 0 Å². The number of nitrogens with two attached hydrogens (primary N) is 1. The molecule has 6 nitrogen and oxygen atoms in total. The predicted octanol–water partition coefficient (Wildman–Crippen LogP) is -1.36. The second-order valence-electron chi connectivity index (χ2n) is 5.58. The summed E-state index contributed by atoms with van der Waals surface area (Å²) in [5.74, 6) is 0.474. The van der Waals surface area contributed by atoms with E-state index in [0.29, 0.717) is 18.7 Å². The van der Waals surface area contributed by atoms with Crippen LogP contribution in [0.2, 0.25) is 0 Å². The summed E-state index contributed by atoms with van der Waals surface area (Å²) in [6, 6.07) is 0. The zero-order valence-electron chi connectivity index (χ0n) is 11.1. The van der Waals surface area contributed by atoms with Crippen molar-refractivity contribution in [2.75, 3.05) is 51.3 Å². The van der Waals surface area contributed by atoms with Gasteiger partial charge in [-0.3, -0.25) is 0 Å². The fourth-order valence-electron chi connectivity index (χ4n) is 2.74. The number of hydrogen-bond donors (Lipinski definition) is 2. The van der Waals surface area contributed by atoms with Crippen molar-refractivity contribution in [1.82, 2.24) is 15.3 Å². The predicted molar refractivity (Wildman–Crippen MR) is 71.9 cm³/mol. The fraction of sp³-hybridized carbons (Fsp3) is 1.00. The molecule has 2 aliphatic rings. The third-order valence-corrected chi connectivity index (χ3v) is 5.80. The second-order valence-corrected chi connectivity index (χ2v) is 7.77. The standard InChI is InChI=1S/C11H24N4O2S/c1-14-4-6-15(7-5-14)13-11(9-12)3-2-8-18(16,17)10-11/h13H,2-10,12H2,1H3. The van der Waals surface area contributed by atoms with Crippen molar-refractivity contribution in [3.8, 4) is 0 Å². The molecule has 0 aromatic rings. The van der Waals surface area contributed by atoms with Crippen LogP contribution in [0.1, 0.15) is 12.8 Å². The molecule has 2 saturated heterocycles. The molecule has 0 aliphatic carbocycles. The van der Waals surface area contributed by atoms with Crippen LogP contribution in [0, 0.1) is 0 Å². The molecule has 0 aromatic carbocycles. The smallest absolute Gasteiger partial charge is 0.152 e. The minimum Gasteiger partial charge on any atom is -0.329 e. The van der Waals surface area contributed by atoms with Crippen LogP contribution in [0.3, 0.4) is 0 Å². The van der Waals surface area contributed by atoms with Crippen molar-refractivity contribution < 1.29 is 8.42 Å². The molecular weight excluding hydrogens is 252 g/mol. The molecule has 0 bridgehead atoms. The van der Waals surface area contributed by atoms with Crippen molar-refractivity contribution in [2.24, 2.45) is 5.73 Å². The average Bonchev–Trinajstić information content (AvgIpc) is 2.31. The molecule has 0 amide bonds. The van der Waals surface area contributed by atoms with Gasteiger partial charge in [0, 0.05) is 32.7 Å². The van der Waals surface area contributed by atoms with Crippen LogP contribution in [0.25, 0.3) is 0 Å². The van der Waals surface area contributed by atoms with Crippen LogP contribution in [0.4, 0.5) is 0 Å². The first-order valence-electron chi connectivity index (χ1n) is 6.57. The number of hydrazine groups is 1. The molecule has 3 N–H and O–H groups in total. The molecule has 2 aliphatic heterocycles. The molecule has 1 unspecified atom stereocenters. The summed E-state index contributed by atoms with van der Waals surface area (Å²) in [4.78, 5) is 2.27. The number of piperazine rings is 1. The van der Waals surface area contributed by atoms with Crippen LogP contribution in [0.15, 0.2) is 0 Å². The lowest BCUT2D eigenvalue weighted by atomic mass is 9.96. The van der Waals surface area contributed by atoms with Crippen LogP contribution in [0.5, 0.6) is 0 Å². The van der Waals surface area contributed by atoms with E-state index in [4.69, 9.17) is 5.73 Å². The monoisotopic (exact) mass is 276 g/mol. The maximum Gasteiger partial charge on any atom is 0.152 e. The number of nitrogens with zero attached hydrogens (tertiary/aromatic N) is 2. The normalized spacial score (nSPS) is 34.6. The lowest BCUT2D eigenvalue weighted by Crippen LogP contribution is -2.65. The van der Waals surface area contributed by atoms with Crippen molar-refractivity contribution in [1.29, 1.82) is 0 Å². The Morgan fingerprint density at radius 3 is 2.50 bits per heavy atom. The third kappa shape index (κ3) is 3.42. The van der Waals surface area contributed by atoms with Crippen molar-refractivity contribution in [3.05, 3.63) is 0 Å². The van der Waals surface area contributed by atoms with E-state index >= 15 is 0 Å². The summed E-state index contributed by atoms with van der Waals surface area (Å²) in [6.07, 6.45) is 1.55. The molecule has 0 saturated carbocycles. The van der Waals surface area contributed by atoms with Gasteiger partial charge in [-0.2, -0.15) is 0 Å². The summed E-state index contributed by atoms with van der Waals surface area (Å²) in [5.41, 5.74) is 8.79. The van der Waals surface area contributed by atoms with E-state index in [2.05, 4.69) is 22.4 Å². The van der Waals surface area contributed by atoms with Gasteiger partial charge in [0.2, 0.25) is 0 Å². The fourth-order valence-corrected chi connectivity index (χ4v) is 4.64. The van der Waals surface area contributed by atoms with Gasteiger partial charge in [-0.25, -0.2) is 18.9 Å². The van der Waals surface area contributed by atoms with Gasteiger partial charge >= 0.3 is 0 Å². The van der Waals surface area contributed by atoms with E-state index in [9.17, 15) is 8.42 Å². The van der Waals surface area contributed by atoms with Gasteiger partial charge < -0.3 is 10.6 Å². The Morgan fingerprint density at radius 1 is 1.28 bits per heavy atom. The molecule has 106 valence electrons. The highest BCUT2D eigenvalue weighted by Gasteiger charge is 2.39. The first-order chi connectivity index (χ1) is 8.45. The van der Waals surface area contributed by atoms with Gasteiger partial charge in [-0.15, -0.1) is 0 Å². The first-order valence-corrected chi connectivity index (χ1v) is 8.39. The quantitative estimate of drug-likeness (QED) is 0.663. The Morgan fingerprint density at radius 2 is 1.94 bits per heavy atom. The molecule has 0 aromatic heterocycles. The molecule has 2 heterocycles. The summed E-state index contributed by atoms with van der Waals surface area (Å²) < 4.78 is 23.6. The molecule has 2 fully saturated rings. The Labute approximate surface area is 109 Å². The van der Waals surface area contributed by atoms with Crippen LogP contribution < -0.4 is 11.2 Å². The van der Waals surface area contributed by atoms with E-state index in [1.807, 2.05) is 0 Å². The van der Waals surface area contributed by atoms with Crippen molar-refractivity contribution >= 4 is 9.84 Å². The third-order valence-electron chi connectivity index (χ3n) is 3.90. The molecule has 1 atom stereocenters. The molecule has 18 heavy (non-hydrogen) atoms. The van der Waals surface area contributed by atoms with Gasteiger partial charge in [0.15, 0.2) is 9.84 Å². The molecule has 0 radical (unpaired) electrons. The number of likely N-dealkylation sites (N-methyl/N-ethyl adjacent to an activating group) is 1. The van der Waals surface area contributed by atoms with Crippen LogP contribution >= 0.6 is 0 Å². The lowest BCUT2D eigenvalue weighted by molar-refractivity contribution is 0.0572. The first kappa shape index (κ1) is 14.2. The summed E-state index contributed by atoms with van der Waals surface area (Å²) in [6.45, 7) is 4.20. The van der Waals surface area contributed by atoms with Gasteiger partial charge in [0.1, 0.15) is 0 Å². The molecule has 2 rings (SSSR count). The maximum absolute atomic E-state index is 11.8. The summed E-state index contributed by atoms with van der Waals surface area (Å²) in [5, 5.41) is 2.13. The second kappa shape index (κ2) is 5.42. The lowest BCUT2D eigenvalue weighted by Gasteiger charge is -2.43. The minimum atomic E-state index is -2.94. The van der Waals surface area contributed by atoms with Crippen molar-refractivity contribution in [3.63, 3.8) is 0 Å². The largest absolute Gasteiger partial charge is 0.329 e. The van der Waals surface area contributed by atoms with E-state index < -0.39 is 15.4 Å². The number of rotatable bonds is 3. The van der Waals surface area contributed by atoms with Crippen LogP contribution in [-0.2, 0) is 9.84 Å². The van der Waals surface area contributed by atoms with E-state index in [-0.39, 0.29) is 5.75 Å². The molecular formula is C11H24N4O2S. The van der Waals surface area contributed by atoms with E-state index in [1.165, 1.54) is 0 Å². The highest BCUT2D eigenvalue weighted by atomic mass is 32.2. The van der Waals surface area contributed by atoms with Crippen molar-refractivity contribution in [2.45, 2.75) is 18.4 Å². The number of nitrogens with one attached hydrogen (secondary N) is 1. The van der Waals surface area contributed by atoms with Gasteiger partial charge in [0.25, 0.3) is 0 Å². The molecule has 7 heteroatoms. The Hall–Kier alpha value is -0.210. The minimum absolute atomic E-state index is 0.169. The highest BCUT2D eigenvalue weighted by molar-refractivity contribution is 7.91. The summed E-state index contributed by atoms with van der Waals surface area (Å²) >= 11 is 0. The average molecular weight is 276 g/mol. The van der Waals surface area contributed by atoms with Crippen LogP contribution in [-0.4, -0.2) is 75.1 Å².